The van der Waals surface area contributed by atoms with Gasteiger partial charge in [-0.15, -0.1) is 0 Å². The molecule has 0 amide bonds. The monoisotopic (exact) mass is 147 g/mol. The van der Waals surface area contributed by atoms with Crippen LogP contribution >= 0.6 is 0 Å². The van der Waals surface area contributed by atoms with Gasteiger partial charge in [-0.2, -0.15) is 0 Å². The Kier molecular flexibility index (Phi) is 1.62. The van der Waals surface area contributed by atoms with E-state index in [1.165, 1.54) is 11.3 Å². The number of aromatic nitrogens is 1. The van der Waals surface area contributed by atoms with Crippen LogP contribution in [0.2, 0.25) is 0 Å². The molecule has 1 heterocycles. The second-order valence-corrected chi connectivity index (χ2v) is 3.05. The van der Waals surface area contributed by atoms with E-state index in [1.54, 1.807) is 0 Å². The fourth-order valence-electron chi connectivity index (χ4n) is 1.53. The van der Waals surface area contributed by atoms with Crippen molar-refractivity contribution in [2.24, 2.45) is 5.73 Å². The van der Waals surface area contributed by atoms with Gasteiger partial charge in [0, 0.05) is 11.7 Å². The van der Waals surface area contributed by atoms with Crippen molar-refractivity contribution < 1.29 is 0 Å². The molecule has 0 spiro atoms. The van der Waals surface area contributed by atoms with Gasteiger partial charge in [0.15, 0.2) is 0 Å². The minimum atomic E-state index is 0.340. The van der Waals surface area contributed by atoms with E-state index in [1.807, 2.05) is 6.07 Å². The Balaban J connectivity index is 2.34. The third-order valence-electron chi connectivity index (χ3n) is 2.16. The molecule has 0 saturated heterocycles. The zero-order valence-electron chi connectivity index (χ0n) is 6.38. The van der Waals surface area contributed by atoms with E-state index in [0.29, 0.717) is 6.04 Å². The molecule has 0 bridgehead atoms. The lowest BCUT2D eigenvalue weighted by Gasteiger charge is -2.19. The molecule has 2 heteroatoms. The molecule has 1 radical (unpaired) electrons. The third-order valence-corrected chi connectivity index (χ3v) is 2.16. The second-order valence-electron chi connectivity index (χ2n) is 3.05. The Morgan fingerprint density at radius 3 is 3.45 bits per heavy atom. The first-order valence-electron chi connectivity index (χ1n) is 3.96. The number of hydrogen-bond acceptors (Lipinski definition) is 2. The molecule has 1 aliphatic carbocycles. The number of fused-ring (bicyclic) bond motifs is 1. The molecule has 0 aliphatic heterocycles. The van der Waals surface area contributed by atoms with Crippen molar-refractivity contribution in [1.82, 2.24) is 4.98 Å². The van der Waals surface area contributed by atoms with Crippen molar-refractivity contribution >= 4 is 0 Å². The van der Waals surface area contributed by atoms with Crippen LogP contribution in [0.25, 0.3) is 0 Å². The Morgan fingerprint density at radius 2 is 2.55 bits per heavy atom. The highest BCUT2D eigenvalue weighted by molar-refractivity contribution is 5.23. The SMILES string of the molecule is N[C@H]1CCc2n[c]ccc2C1. The summed E-state index contributed by atoms with van der Waals surface area (Å²) in [4.78, 5) is 4.17. The smallest absolute Gasteiger partial charge is 0.0889 e. The minimum Gasteiger partial charge on any atom is -0.327 e. The topological polar surface area (TPSA) is 38.9 Å². The van der Waals surface area contributed by atoms with Crippen LogP contribution in [0.3, 0.4) is 0 Å². The summed E-state index contributed by atoms with van der Waals surface area (Å²) in [5.74, 6) is 0. The summed E-state index contributed by atoms with van der Waals surface area (Å²) >= 11 is 0. The van der Waals surface area contributed by atoms with Crippen molar-refractivity contribution in [2.75, 3.05) is 0 Å². The molecule has 11 heavy (non-hydrogen) atoms. The molecule has 2 nitrogen and oxygen atoms in total. The molecule has 2 N–H and O–H groups in total. The van der Waals surface area contributed by atoms with Crippen molar-refractivity contribution in [3.05, 3.63) is 29.6 Å². The molecule has 0 saturated carbocycles. The van der Waals surface area contributed by atoms with Crippen LogP contribution < -0.4 is 5.73 Å². The Morgan fingerprint density at radius 1 is 1.64 bits per heavy atom. The normalized spacial score (nSPS) is 22.8. The fourth-order valence-corrected chi connectivity index (χ4v) is 1.53. The van der Waals surface area contributed by atoms with Gasteiger partial charge in [0.05, 0.1) is 6.20 Å². The highest BCUT2D eigenvalue weighted by Gasteiger charge is 2.14. The van der Waals surface area contributed by atoms with Crippen molar-refractivity contribution in [1.29, 1.82) is 0 Å². The first-order chi connectivity index (χ1) is 5.36. The van der Waals surface area contributed by atoms with Gasteiger partial charge >= 0.3 is 0 Å². The molecule has 0 fully saturated rings. The lowest BCUT2D eigenvalue weighted by molar-refractivity contribution is 0.566. The molecule has 0 unspecified atom stereocenters. The molecular weight excluding hydrogens is 136 g/mol. The number of pyridine rings is 1. The summed E-state index contributed by atoms with van der Waals surface area (Å²) < 4.78 is 0. The van der Waals surface area contributed by atoms with Gasteiger partial charge in [-0.3, -0.25) is 4.98 Å². The number of nitrogens with two attached hydrogens (primary N) is 1. The average Bonchev–Trinajstić information content (AvgIpc) is 2.04. The Bertz CT molecular complexity index is 257. The number of rotatable bonds is 0. The fraction of sp³-hybridized carbons (Fsp3) is 0.444. The maximum Gasteiger partial charge on any atom is 0.0889 e. The standard InChI is InChI=1S/C9H11N2/c10-8-3-4-9-7(6-8)2-1-5-11-9/h1-2,8H,3-4,6,10H2/t8-/m0/s1. The van der Waals surface area contributed by atoms with Crippen LogP contribution in [0.4, 0.5) is 0 Å². The van der Waals surface area contributed by atoms with Crippen LogP contribution in [0, 0.1) is 6.20 Å². The van der Waals surface area contributed by atoms with E-state index >= 15 is 0 Å². The van der Waals surface area contributed by atoms with Crippen LogP contribution in [-0.2, 0) is 12.8 Å². The van der Waals surface area contributed by atoms with E-state index in [4.69, 9.17) is 5.73 Å². The summed E-state index contributed by atoms with van der Waals surface area (Å²) in [6.07, 6.45) is 5.92. The summed E-state index contributed by atoms with van der Waals surface area (Å²) in [7, 11) is 0. The molecule has 57 valence electrons. The second kappa shape index (κ2) is 2.62. The van der Waals surface area contributed by atoms with Gasteiger partial charge in [-0.1, -0.05) is 6.07 Å². The predicted octanol–water partition coefficient (Wildman–Crippen LogP) is 0.698. The van der Waals surface area contributed by atoms with Crippen LogP contribution in [-0.4, -0.2) is 11.0 Å². The molecule has 2 rings (SSSR count). The van der Waals surface area contributed by atoms with Crippen molar-refractivity contribution in [2.45, 2.75) is 25.3 Å². The van der Waals surface area contributed by atoms with Crippen LogP contribution in [0.5, 0.6) is 0 Å². The maximum atomic E-state index is 5.81. The van der Waals surface area contributed by atoms with Gasteiger partial charge in [-0.05, 0) is 30.9 Å². The zero-order chi connectivity index (χ0) is 7.68. The van der Waals surface area contributed by atoms with E-state index in [2.05, 4.69) is 17.2 Å². The van der Waals surface area contributed by atoms with Gasteiger partial charge in [0.2, 0.25) is 0 Å². The van der Waals surface area contributed by atoms with E-state index in [-0.39, 0.29) is 0 Å². The molecule has 1 aromatic heterocycles. The third kappa shape index (κ3) is 1.26. The summed E-state index contributed by atoms with van der Waals surface area (Å²) in [5, 5.41) is 0. The first-order valence-corrected chi connectivity index (χ1v) is 3.96. The van der Waals surface area contributed by atoms with E-state index < -0.39 is 0 Å². The van der Waals surface area contributed by atoms with Crippen LogP contribution in [0.1, 0.15) is 17.7 Å². The Labute approximate surface area is 66.4 Å². The maximum absolute atomic E-state index is 5.81. The van der Waals surface area contributed by atoms with Gasteiger partial charge in [0.1, 0.15) is 0 Å². The lowest BCUT2D eigenvalue weighted by atomic mass is 9.93. The van der Waals surface area contributed by atoms with Crippen molar-refractivity contribution in [3.8, 4) is 0 Å². The Hall–Kier alpha value is -0.890. The molecule has 1 aliphatic rings. The highest BCUT2D eigenvalue weighted by Crippen LogP contribution is 2.17. The largest absolute Gasteiger partial charge is 0.327 e. The van der Waals surface area contributed by atoms with Crippen molar-refractivity contribution in [3.63, 3.8) is 0 Å². The molecular formula is C9H11N2. The van der Waals surface area contributed by atoms with Gasteiger partial charge in [0.25, 0.3) is 0 Å². The van der Waals surface area contributed by atoms with Gasteiger partial charge < -0.3 is 5.73 Å². The zero-order valence-corrected chi connectivity index (χ0v) is 6.38. The van der Waals surface area contributed by atoms with E-state index in [0.717, 1.165) is 19.3 Å². The molecule has 1 atom stereocenters. The molecule has 0 aromatic carbocycles. The number of aryl methyl sites for hydroxylation is 1. The minimum absolute atomic E-state index is 0.340. The summed E-state index contributed by atoms with van der Waals surface area (Å²) in [6, 6.07) is 4.27. The van der Waals surface area contributed by atoms with Crippen LogP contribution in [0.15, 0.2) is 12.1 Å². The first kappa shape index (κ1) is 6.80. The predicted molar refractivity (Wildman–Crippen MR) is 43.1 cm³/mol. The highest BCUT2D eigenvalue weighted by atomic mass is 14.7. The number of nitrogens with zero attached hydrogens (tertiary/aromatic N) is 1. The molecule has 1 aromatic rings. The van der Waals surface area contributed by atoms with E-state index in [9.17, 15) is 0 Å². The average molecular weight is 147 g/mol. The summed E-state index contributed by atoms with van der Waals surface area (Å²) in [5.41, 5.74) is 8.31. The lowest BCUT2D eigenvalue weighted by Crippen LogP contribution is -2.28. The number of hydrogen-bond donors (Lipinski definition) is 1. The van der Waals surface area contributed by atoms with Gasteiger partial charge in [-0.25, -0.2) is 0 Å². The summed E-state index contributed by atoms with van der Waals surface area (Å²) in [6.45, 7) is 0. The quantitative estimate of drug-likeness (QED) is 0.586.